The van der Waals surface area contributed by atoms with Crippen LogP contribution in [0.25, 0.3) is 0 Å². The second-order valence-electron chi connectivity index (χ2n) is 6.35. The van der Waals surface area contributed by atoms with Gasteiger partial charge in [0.05, 0.1) is 11.9 Å². The molecule has 0 spiro atoms. The molecule has 2 aromatic rings. The Morgan fingerprint density at radius 3 is 2.35 bits per heavy atom. The number of allylic oxidation sites excluding steroid dienone is 3. The van der Waals surface area contributed by atoms with E-state index in [0.29, 0.717) is 0 Å². The van der Waals surface area contributed by atoms with Crippen LogP contribution >= 0.6 is 0 Å². The third-order valence-electron chi connectivity index (χ3n) is 4.52. The van der Waals surface area contributed by atoms with Crippen molar-refractivity contribution in [3.63, 3.8) is 0 Å². The minimum atomic E-state index is 0.0975. The van der Waals surface area contributed by atoms with E-state index < -0.39 is 0 Å². The summed E-state index contributed by atoms with van der Waals surface area (Å²) in [6, 6.07) is 21.3. The molecule has 0 unspecified atom stereocenters. The van der Waals surface area contributed by atoms with Crippen LogP contribution in [0.3, 0.4) is 0 Å². The number of hydrogen-bond donors (Lipinski definition) is 1. The Bertz CT molecular complexity index is 804. The van der Waals surface area contributed by atoms with E-state index in [9.17, 15) is 0 Å². The average molecular weight is 343 g/mol. The highest BCUT2D eigenvalue weighted by molar-refractivity contribution is 5.85. The van der Waals surface area contributed by atoms with Crippen LogP contribution in [-0.2, 0) is 0 Å². The van der Waals surface area contributed by atoms with Crippen molar-refractivity contribution in [3.8, 4) is 0 Å². The van der Waals surface area contributed by atoms with Gasteiger partial charge in [-0.1, -0.05) is 72.8 Å². The summed E-state index contributed by atoms with van der Waals surface area (Å²) in [5.74, 6) is 1.05. The lowest BCUT2D eigenvalue weighted by Crippen LogP contribution is -2.24. The molecule has 3 heteroatoms. The van der Waals surface area contributed by atoms with Crippen LogP contribution in [0, 0.1) is 0 Å². The van der Waals surface area contributed by atoms with Gasteiger partial charge < -0.3 is 5.32 Å². The average Bonchev–Trinajstić information content (AvgIpc) is 3.12. The van der Waals surface area contributed by atoms with E-state index in [1.807, 2.05) is 31.3 Å². The standard InChI is InChI=1S/C23H25N3/c1-3-10-18(17-24-2)15-16-21-25-22(19-11-6-4-7-12-19)23(26-21)20-13-8-5-9-14-20/h3-14,17,22-23H,2,15-16H2,1H3,(H,25,26)/b10-3-,18-17+/t22-,23+. The van der Waals surface area contributed by atoms with E-state index in [1.54, 1.807) is 0 Å². The van der Waals surface area contributed by atoms with Crippen LogP contribution in [0.5, 0.6) is 0 Å². The highest BCUT2D eigenvalue weighted by atomic mass is 15.1. The van der Waals surface area contributed by atoms with E-state index in [-0.39, 0.29) is 12.1 Å². The van der Waals surface area contributed by atoms with Crippen molar-refractivity contribution in [1.29, 1.82) is 0 Å². The topological polar surface area (TPSA) is 36.8 Å². The van der Waals surface area contributed by atoms with Crippen molar-refractivity contribution < 1.29 is 0 Å². The summed E-state index contributed by atoms with van der Waals surface area (Å²) in [6.45, 7) is 5.57. The Labute approximate surface area is 155 Å². The van der Waals surface area contributed by atoms with Crippen LogP contribution in [0.1, 0.15) is 43.0 Å². The van der Waals surface area contributed by atoms with Gasteiger partial charge in [-0.15, -0.1) is 0 Å². The molecule has 26 heavy (non-hydrogen) atoms. The minimum absolute atomic E-state index is 0.0975. The quantitative estimate of drug-likeness (QED) is 0.529. The molecule has 0 fully saturated rings. The monoisotopic (exact) mass is 343 g/mol. The first-order valence-corrected chi connectivity index (χ1v) is 9.02. The molecule has 0 radical (unpaired) electrons. The van der Waals surface area contributed by atoms with Gasteiger partial charge >= 0.3 is 0 Å². The number of rotatable bonds is 7. The number of amidine groups is 1. The summed E-state index contributed by atoms with van der Waals surface area (Å²) in [7, 11) is 0. The van der Waals surface area contributed by atoms with E-state index in [0.717, 1.165) is 24.3 Å². The first-order chi connectivity index (χ1) is 12.8. The fraction of sp³-hybridized carbons (Fsp3) is 0.217. The van der Waals surface area contributed by atoms with Crippen LogP contribution in [-0.4, -0.2) is 12.6 Å². The fourth-order valence-corrected chi connectivity index (χ4v) is 3.30. The molecule has 2 aromatic carbocycles. The van der Waals surface area contributed by atoms with Crippen molar-refractivity contribution in [2.24, 2.45) is 9.98 Å². The third-order valence-corrected chi connectivity index (χ3v) is 4.52. The van der Waals surface area contributed by atoms with Gasteiger partial charge in [0.1, 0.15) is 6.04 Å². The van der Waals surface area contributed by atoms with Gasteiger partial charge in [-0.2, -0.15) is 0 Å². The molecule has 2 atom stereocenters. The number of nitrogens with zero attached hydrogens (tertiary/aromatic N) is 2. The normalized spacial score (nSPS) is 20.0. The highest BCUT2D eigenvalue weighted by Crippen LogP contribution is 2.36. The summed E-state index contributed by atoms with van der Waals surface area (Å²) in [6.07, 6.45) is 7.67. The predicted molar refractivity (Wildman–Crippen MR) is 111 cm³/mol. The van der Waals surface area contributed by atoms with Gasteiger partial charge in [-0.3, -0.25) is 9.98 Å². The Kier molecular flexibility index (Phi) is 6.15. The molecule has 1 heterocycles. The molecule has 0 amide bonds. The Balaban J connectivity index is 1.81. The number of aliphatic imine (C=N–C) groups is 2. The van der Waals surface area contributed by atoms with Gasteiger partial charge in [0.15, 0.2) is 0 Å². The van der Waals surface area contributed by atoms with E-state index in [1.165, 1.54) is 11.1 Å². The smallest absolute Gasteiger partial charge is 0.101 e. The molecule has 3 nitrogen and oxygen atoms in total. The Morgan fingerprint density at radius 1 is 1.08 bits per heavy atom. The predicted octanol–water partition coefficient (Wildman–Crippen LogP) is 5.41. The van der Waals surface area contributed by atoms with Gasteiger partial charge in [0, 0.05) is 12.6 Å². The minimum Gasteiger partial charge on any atom is -0.364 e. The molecule has 1 N–H and O–H groups in total. The molecule has 132 valence electrons. The van der Waals surface area contributed by atoms with Gasteiger partial charge in [-0.25, -0.2) is 0 Å². The van der Waals surface area contributed by atoms with Crippen molar-refractivity contribution in [3.05, 3.63) is 95.7 Å². The summed E-state index contributed by atoms with van der Waals surface area (Å²) in [5, 5.41) is 3.65. The molecular weight excluding hydrogens is 318 g/mol. The van der Waals surface area contributed by atoms with Crippen molar-refractivity contribution in [1.82, 2.24) is 5.32 Å². The van der Waals surface area contributed by atoms with Gasteiger partial charge in [0.25, 0.3) is 0 Å². The van der Waals surface area contributed by atoms with Gasteiger partial charge in [-0.05, 0) is 36.8 Å². The van der Waals surface area contributed by atoms with Crippen LogP contribution in [0.15, 0.2) is 94.6 Å². The Hall–Kier alpha value is -2.94. The maximum absolute atomic E-state index is 5.02. The summed E-state index contributed by atoms with van der Waals surface area (Å²) in [4.78, 5) is 8.92. The second kappa shape index (κ2) is 8.95. The van der Waals surface area contributed by atoms with Crippen LogP contribution in [0.4, 0.5) is 0 Å². The van der Waals surface area contributed by atoms with Crippen molar-refractivity contribution in [2.45, 2.75) is 31.8 Å². The maximum Gasteiger partial charge on any atom is 0.101 e. The molecule has 0 saturated heterocycles. The number of hydrogen-bond acceptors (Lipinski definition) is 3. The van der Waals surface area contributed by atoms with E-state index in [4.69, 9.17) is 4.99 Å². The molecular formula is C23H25N3. The first-order valence-electron chi connectivity index (χ1n) is 9.02. The van der Waals surface area contributed by atoms with Crippen LogP contribution < -0.4 is 5.32 Å². The van der Waals surface area contributed by atoms with Crippen LogP contribution in [0.2, 0.25) is 0 Å². The van der Waals surface area contributed by atoms with Crippen molar-refractivity contribution >= 4 is 12.6 Å². The lowest BCUT2D eigenvalue weighted by atomic mass is 9.95. The summed E-state index contributed by atoms with van der Waals surface area (Å²) < 4.78 is 0. The molecule has 1 aliphatic heterocycles. The first kappa shape index (κ1) is 17.9. The highest BCUT2D eigenvalue weighted by Gasteiger charge is 2.30. The SMILES string of the molecule is C=N/C=C(\C=C/C)CCC1=N[C@@H](c2ccccc2)[C@@H](c2ccccc2)N1. The molecule has 0 bridgehead atoms. The molecule has 0 aromatic heterocycles. The second-order valence-corrected chi connectivity index (χ2v) is 6.35. The summed E-state index contributed by atoms with van der Waals surface area (Å²) >= 11 is 0. The zero-order valence-electron chi connectivity index (χ0n) is 15.2. The molecule has 3 rings (SSSR count). The third kappa shape index (κ3) is 4.37. The Morgan fingerprint density at radius 2 is 1.73 bits per heavy atom. The number of nitrogens with one attached hydrogen (secondary N) is 1. The maximum atomic E-state index is 5.02. The summed E-state index contributed by atoms with van der Waals surface area (Å²) in [5.41, 5.74) is 3.66. The van der Waals surface area contributed by atoms with Crippen molar-refractivity contribution in [2.75, 3.05) is 0 Å². The lowest BCUT2D eigenvalue weighted by molar-refractivity contribution is 0.571. The molecule has 0 saturated carbocycles. The fourth-order valence-electron chi connectivity index (χ4n) is 3.30. The zero-order valence-corrected chi connectivity index (χ0v) is 15.2. The molecule has 1 aliphatic rings. The number of benzene rings is 2. The largest absolute Gasteiger partial charge is 0.364 e. The van der Waals surface area contributed by atoms with Gasteiger partial charge in [0.2, 0.25) is 0 Å². The van der Waals surface area contributed by atoms with E-state index >= 15 is 0 Å². The lowest BCUT2D eigenvalue weighted by Gasteiger charge is -2.19. The van der Waals surface area contributed by atoms with E-state index in [2.05, 4.69) is 71.6 Å². The zero-order chi connectivity index (χ0) is 18.2. The molecule has 0 aliphatic carbocycles.